The Balaban J connectivity index is 3.05. The van der Waals surface area contributed by atoms with Crippen LogP contribution in [0, 0.1) is 13.8 Å². The molecular weight excluding hydrogens is 162 g/mol. The van der Waals surface area contributed by atoms with Gasteiger partial charge in [-0.15, -0.1) is 0 Å². The largest absolute Gasteiger partial charge is 0.330 e. The summed E-state index contributed by atoms with van der Waals surface area (Å²) in [6.45, 7) is 6.81. The molecule has 72 valence electrons. The summed E-state index contributed by atoms with van der Waals surface area (Å²) in [5, 5.41) is 0. The van der Waals surface area contributed by atoms with Crippen molar-refractivity contribution in [3.8, 4) is 0 Å². The number of nitrogens with two attached hydrogens (primary N) is 1. The molecule has 0 fully saturated rings. The Labute approximate surface area is 79.4 Å². The summed E-state index contributed by atoms with van der Waals surface area (Å²) in [7, 11) is 0. The van der Waals surface area contributed by atoms with Crippen molar-refractivity contribution in [1.82, 2.24) is 9.97 Å². The topological polar surface area (TPSA) is 51.8 Å². The summed E-state index contributed by atoms with van der Waals surface area (Å²) in [4.78, 5) is 8.81. The van der Waals surface area contributed by atoms with E-state index in [-0.39, 0.29) is 0 Å². The lowest BCUT2D eigenvalue weighted by atomic mass is 10.1. The van der Waals surface area contributed by atoms with Gasteiger partial charge in [-0.05, 0) is 32.4 Å². The van der Waals surface area contributed by atoms with Crippen molar-refractivity contribution < 1.29 is 0 Å². The van der Waals surface area contributed by atoms with Crippen LogP contribution in [0.3, 0.4) is 0 Å². The molecule has 0 aliphatic heterocycles. The molecule has 13 heavy (non-hydrogen) atoms. The van der Waals surface area contributed by atoms with Gasteiger partial charge in [-0.3, -0.25) is 0 Å². The van der Waals surface area contributed by atoms with E-state index in [1.807, 2.05) is 13.8 Å². The summed E-state index contributed by atoms with van der Waals surface area (Å²) in [6.07, 6.45) is 1.77. The first-order chi connectivity index (χ1) is 6.19. The lowest BCUT2D eigenvalue weighted by Crippen LogP contribution is -2.10. The van der Waals surface area contributed by atoms with Crippen LogP contribution in [0.5, 0.6) is 0 Å². The zero-order valence-corrected chi connectivity index (χ0v) is 8.59. The first-order valence-corrected chi connectivity index (χ1v) is 4.72. The molecule has 0 saturated heterocycles. The zero-order valence-electron chi connectivity index (χ0n) is 8.59. The average Bonchev–Trinajstić information content (AvgIpc) is 2.04. The fourth-order valence-electron chi connectivity index (χ4n) is 1.56. The quantitative estimate of drug-likeness (QED) is 0.757. The van der Waals surface area contributed by atoms with Gasteiger partial charge in [0.2, 0.25) is 0 Å². The minimum absolute atomic E-state index is 0.615. The number of aryl methyl sites for hydroxylation is 2. The fraction of sp³-hybridized carbons (Fsp3) is 0.600. The van der Waals surface area contributed by atoms with Crippen molar-refractivity contribution >= 4 is 0 Å². The van der Waals surface area contributed by atoms with Gasteiger partial charge in [0.1, 0.15) is 5.82 Å². The molecule has 0 unspecified atom stereocenters. The highest BCUT2D eigenvalue weighted by atomic mass is 14.9. The van der Waals surface area contributed by atoms with E-state index in [2.05, 4.69) is 16.9 Å². The predicted molar refractivity (Wildman–Crippen MR) is 53.6 cm³/mol. The Hall–Kier alpha value is -0.960. The van der Waals surface area contributed by atoms with Crippen LogP contribution in [0.4, 0.5) is 0 Å². The molecule has 2 N–H and O–H groups in total. The van der Waals surface area contributed by atoms with E-state index in [4.69, 9.17) is 5.73 Å². The van der Waals surface area contributed by atoms with Gasteiger partial charge >= 0.3 is 0 Å². The molecule has 0 saturated carbocycles. The maximum Gasteiger partial charge on any atom is 0.130 e. The Morgan fingerprint density at radius 3 is 2.08 bits per heavy atom. The fourth-order valence-corrected chi connectivity index (χ4v) is 1.56. The monoisotopic (exact) mass is 179 g/mol. The normalized spacial score (nSPS) is 10.5. The van der Waals surface area contributed by atoms with Crippen LogP contribution < -0.4 is 5.73 Å². The number of hydrogen-bond donors (Lipinski definition) is 1. The summed E-state index contributed by atoms with van der Waals surface area (Å²) in [5.74, 6) is 0.870. The van der Waals surface area contributed by atoms with Crippen LogP contribution in [-0.2, 0) is 12.8 Å². The Bertz CT molecular complexity index is 271. The Morgan fingerprint density at radius 2 is 1.69 bits per heavy atom. The molecule has 0 aliphatic carbocycles. The van der Waals surface area contributed by atoms with Gasteiger partial charge in [0.15, 0.2) is 0 Å². The molecule has 1 heterocycles. The van der Waals surface area contributed by atoms with E-state index in [0.717, 1.165) is 30.1 Å². The summed E-state index contributed by atoms with van der Waals surface area (Å²) < 4.78 is 0. The molecule has 0 bridgehead atoms. The van der Waals surface area contributed by atoms with Crippen LogP contribution in [0.15, 0.2) is 0 Å². The van der Waals surface area contributed by atoms with E-state index < -0.39 is 0 Å². The van der Waals surface area contributed by atoms with Crippen molar-refractivity contribution in [1.29, 1.82) is 0 Å². The zero-order chi connectivity index (χ0) is 9.84. The lowest BCUT2D eigenvalue weighted by molar-refractivity contribution is 0.823. The molecule has 1 aromatic rings. The number of rotatable bonds is 3. The van der Waals surface area contributed by atoms with Crippen molar-refractivity contribution in [3.05, 3.63) is 22.8 Å². The highest BCUT2D eigenvalue weighted by molar-refractivity contribution is 5.24. The van der Waals surface area contributed by atoms with Crippen LogP contribution in [0.1, 0.15) is 29.7 Å². The van der Waals surface area contributed by atoms with Crippen molar-refractivity contribution in [2.75, 3.05) is 6.54 Å². The van der Waals surface area contributed by atoms with Crippen LogP contribution in [0.25, 0.3) is 0 Å². The summed E-state index contributed by atoms with van der Waals surface area (Å²) >= 11 is 0. The highest BCUT2D eigenvalue weighted by Crippen LogP contribution is 2.10. The molecule has 0 spiro atoms. The second-order valence-corrected chi connectivity index (χ2v) is 3.18. The second-order valence-electron chi connectivity index (χ2n) is 3.18. The predicted octanol–water partition coefficient (Wildman–Crippen LogP) is 1.16. The SMILES string of the molecule is CCc1c(C)nc(CCN)nc1C. The Kier molecular flexibility index (Phi) is 3.37. The van der Waals surface area contributed by atoms with Crippen molar-refractivity contribution in [3.63, 3.8) is 0 Å². The van der Waals surface area contributed by atoms with E-state index in [1.165, 1.54) is 5.56 Å². The van der Waals surface area contributed by atoms with Crippen LogP contribution in [-0.4, -0.2) is 16.5 Å². The van der Waals surface area contributed by atoms with Crippen molar-refractivity contribution in [2.24, 2.45) is 5.73 Å². The highest BCUT2D eigenvalue weighted by Gasteiger charge is 2.05. The number of hydrogen-bond acceptors (Lipinski definition) is 3. The van der Waals surface area contributed by atoms with Gasteiger partial charge in [0.05, 0.1) is 0 Å². The second kappa shape index (κ2) is 4.33. The molecule has 0 amide bonds. The molecule has 3 heteroatoms. The summed E-state index contributed by atoms with van der Waals surface area (Å²) in [5.41, 5.74) is 8.91. The lowest BCUT2D eigenvalue weighted by Gasteiger charge is -2.07. The third-order valence-electron chi connectivity index (χ3n) is 2.19. The molecule has 0 aromatic carbocycles. The molecule has 0 atom stereocenters. The smallest absolute Gasteiger partial charge is 0.130 e. The maximum atomic E-state index is 5.45. The van der Waals surface area contributed by atoms with Gasteiger partial charge in [-0.2, -0.15) is 0 Å². The molecule has 3 nitrogen and oxygen atoms in total. The minimum atomic E-state index is 0.615. The maximum absolute atomic E-state index is 5.45. The molecule has 1 rings (SSSR count). The van der Waals surface area contributed by atoms with Crippen LogP contribution >= 0.6 is 0 Å². The number of nitrogens with zero attached hydrogens (tertiary/aromatic N) is 2. The standard InChI is InChI=1S/C10H17N3/c1-4-9-7(2)12-10(5-6-11)13-8(9)3/h4-6,11H2,1-3H3. The number of aromatic nitrogens is 2. The minimum Gasteiger partial charge on any atom is -0.330 e. The summed E-state index contributed by atoms with van der Waals surface area (Å²) in [6, 6.07) is 0. The average molecular weight is 179 g/mol. The third-order valence-corrected chi connectivity index (χ3v) is 2.19. The Morgan fingerprint density at radius 1 is 1.15 bits per heavy atom. The van der Waals surface area contributed by atoms with Gasteiger partial charge in [-0.1, -0.05) is 6.92 Å². The third kappa shape index (κ3) is 2.25. The van der Waals surface area contributed by atoms with E-state index in [9.17, 15) is 0 Å². The molecule has 0 radical (unpaired) electrons. The van der Waals surface area contributed by atoms with Gasteiger partial charge in [-0.25, -0.2) is 9.97 Å². The van der Waals surface area contributed by atoms with E-state index >= 15 is 0 Å². The van der Waals surface area contributed by atoms with Crippen molar-refractivity contribution in [2.45, 2.75) is 33.6 Å². The van der Waals surface area contributed by atoms with E-state index in [1.54, 1.807) is 0 Å². The first-order valence-electron chi connectivity index (χ1n) is 4.72. The molecule has 0 aliphatic rings. The first kappa shape index (κ1) is 10.1. The van der Waals surface area contributed by atoms with Gasteiger partial charge in [0.25, 0.3) is 0 Å². The molecule has 1 aromatic heterocycles. The molecular formula is C10H17N3. The van der Waals surface area contributed by atoms with Crippen LogP contribution in [0.2, 0.25) is 0 Å². The van der Waals surface area contributed by atoms with E-state index in [0.29, 0.717) is 6.54 Å². The van der Waals surface area contributed by atoms with Gasteiger partial charge < -0.3 is 5.73 Å². The van der Waals surface area contributed by atoms with Gasteiger partial charge in [0, 0.05) is 17.8 Å².